The zero-order valence-electron chi connectivity index (χ0n) is 6.43. The summed E-state index contributed by atoms with van der Waals surface area (Å²) in [4.78, 5) is 16.7. The Morgan fingerprint density at radius 2 is 2.08 bits per heavy atom. The van der Waals surface area contributed by atoms with Gasteiger partial charge in [0.1, 0.15) is 0 Å². The van der Waals surface area contributed by atoms with E-state index in [2.05, 4.69) is 9.97 Å². The van der Waals surface area contributed by atoms with Gasteiger partial charge in [0.25, 0.3) is 5.56 Å². The van der Waals surface area contributed by atoms with E-state index in [4.69, 9.17) is 23.8 Å². The lowest BCUT2D eigenvalue weighted by Crippen LogP contribution is -2.07. The van der Waals surface area contributed by atoms with Crippen LogP contribution >= 0.6 is 23.8 Å². The maximum Gasteiger partial charge on any atom is 0.259 e. The van der Waals surface area contributed by atoms with Crippen LogP contribution in [0.4, 0.5) is 0 Å². The molecule has 0 aliphatic carbocycles. The molecule has 0 saturated carbocycles. The van der Waals surface area contributed by atoms with Crippen molar-refractivity contribution in [2.24, 2.45) is 0 Å². The molecular weight excluding hydrogens is 208 g/mol. The number of aromatic nitrogens is 2. The smallest absolute Gasteiger partial charge is 0.259 e. The molecule has 0 aliphatic heterocycles. The Balaban J connectivity index is 3.12. The van der Waals surface area contributed by atoms with Crippen LogP contribution in [0.3, 0.4) is 0 Å². The lowest BCUT2D eigenvalue weighted by Gasteiger charge is -1.97. The summed E-state index contributed by atoms with van der Waals surface area (Å²) in [5.41, 5.74) is 0.360. The second-order valence-corrected chi connectivity index (χ2v) is 3.39. The second kappa shape index (κ2) is 2.97. The average Bonchev–Trinajstić information content (AvgIpc) is 2.07. The number of H-pyrrole nitrogens is 2. The molecule has 0 unspecified atom stereocenters. The van der Waals surface area contributed by atoms with Crippen molar-refractivity contribution in [2.45, 2.75) is 0 Å². The van der Waals surface area contributed by atoms with E-state index in [-0.39, 0.29) is 10.3 Å². The van der Waals surface area contributed by atoms with E-state index < -0.39 is 0 Å². The molecule has 1 aromatic carbocycles. The van der Waals surface area contributed by atoms with E-state index in [0.29, 0.717) is 15.9 Å². The molecule has 0 spiro atoms. The molecule has 13 heavy (non-hydrogen) atoms. The first-order valence-corrected chi connectivity index (χ1v) is 4.38. The van der Waals surface area contributed by atoms with Crippen molar-refractivity contribution in [3.63, 3.8) is 0 Å². The molecule has 0 radical (unpaired) electrons. The molecule has 2 N–H and O–H groups in total. The van der Waals surface area contributed by atoms with Crippen molar-refractivity contribution < 1.29 is 0 Å². The summed E-state index contributed by atoms with van der Waals surface area (Å²) in [5, 5.41) is 1.01. The standard InChI is InChI=1S/C8H5ClN2OS/c9-5-3-1-2-4-6(5)10-8(13)11-7(4)12/h1-3H,(H2,10,11,12,13). The van der Waals surface area contributed by atoms with Gasteiger partial charge in [-0.1, -0.05) is 17.7 Å². The number of halogens is 1. The molecule has 0 saturated heterocycles. The number of nitrogens with one attached hydrogen (secondary N) is 2. The Labute approximate surface area is 83.4 Å². The van der Waals surface area contributed by atoms with Crippen molar-refractivity contribution in [2.75, 3.05) is 0 Å². The van der Waals surface area contributed by atoms with Gasteiger partial charge in [0.2, 0.25) is 0 Å². The second-order valence-electron chi connectivity index (χ2n) is 2.57. The molecule has 0 fully saturated rings. The minimum atomic E-state index is -0.221. The quantitative estimate of drug-likeness (QED) is 0.658. The molecule has 5 heteroatoms. The fourth-order valence-electron chi connectivity index (χ4n) is 1.16. The van der Waals surface area contributed by atoms with Gasteiger partial charge in [0, 0.05) is 0 Å². The van der Waals surface area contributed by atoms with Crippen LogP contribution < -0.4 is 5.56 Å². The maximum atomic E-state index is 11.4. The van der Waals surface area contributed by atoms with Crippen LogP contribution in [0.5, 0.6) is 0 Å². The first-order valence-electron chi connectivity index (χ1n) is 3.59. The highest BCUT2D eigenvalue weighted by molar-refractivity contribution is 7.71. The predicted octanol–water partition coefficient (Wildman–Crippen LogP) is 2.24. The number of hydrogen-bond acceptors (Lipinski definition) is 2. The molecule has 0 aliphatic rings. The van der Waals surface area contributed by atoms with Gasteiger partial charge < -0.3 is 4.98 Å². The molecule has 1 aromatic heterocycles. The molecule has 2 aromatic rings. The lowest BCUT2D eigenvalue weighted by atomic mass is 10.2. The van der Waals surface area contributed by atoms with Gasteiger partial charge in [-0.25, -0.2) is 0 Å². The fourth-order valence-corrected chi connectivity index (χ4v) is 1.57. The van der Waals surface area contributed by atoms with Crippen LogP contribution in [0.2, 0.25) is 5.02 Å². The van der Waals surface area contributed by atoms with Gasteiger partial charge in [-0.3, -0.25) is 9.78 Å². The summed E-state index contributed by atoms with van der Waals surface area (Å²) in [6, 6.07) is 5.11. The number of fused-ring (bicyclic) bond motifs is 1. The molecule has 0 amide bonds. The molecule has 66 valence electrons. The SMILES string of the molecule is O=c1[nH]c(=S)[nH]c2c(Cl)cccc12. The third-order valence-corrected chi connectivity index (χ3v) is 2.24. The molecule has 3 nitrogen and oxygen atoms in total. The summed E-state index contributed by atoms with van der Waals surface area (Å²) >= 11 is 10.7. The number of benzene rings is 1. The van der Waals surface area contributed by atoms with Gasteiger partial charge in [0.15, 0.2) is 4.77 Å². The summed E-state index contributed by atoms with van der Waals surface area (Å²) in [6.45, 7) is 0. The Bertz CT molecular complexity index is 572. The number of rotatable bonds is 0. The third-order valence-electron chi connectivity index (χ3n) is 1.72. The summed E-state index contributed by atoms with van der Waals surface area (Å²) < 4.78 is 0.283. The minimum absolute atomic E-state index is 0.221. The highest BCUT2D eigenvalue weighted by Crippen LogP contribution is 2.17. The van der Waals surface area contributed by atoms with Crippen molar-refractivity contribution in [3.05, 3.63) is 38.3 Å². The van der Waals surface area contributed by atoms with Gasteiger partial charge in [-0.15, -0.1) is 0 Å². The van der Waals surface area contributed by atoms with Gasteiger partial charge >= 0.3 is 0 Å². The van der Waals surface area contributed by atoms with E-state index in [0.717, 1.165) is 0 Å². The lowest BCUT2D eigenvalue weighted by molar-refractivity contribution is 1.14. The van der Waals surface area contributed by atoms with E-state index in [1.54, 1.807) is 18.2 Å². The minimum Gasteiger partial charge on any atom is -0.330 e. The summed E-state index contributed by atoms with van der Waals surface area (Å²) in [7, 11) is 0. The average molecular weight is 213 g/mol. The van der Waals surface area contributed by atoms with Crippen molar-refractivity contribution in [3.8, 4) is 0 Å². The van der Waals surface area contributed by atoms with Crippen LogP contribution in [0.15, 0.2) is 23.0 Å². The van der Waals surface area contributed by atoms with Crippen LogP contribution in [0, 0.1) is 4.77 Å². The normalized spacial score (nSPS) is 10.5. The van der Waals surface area contributed by atoms with Crippen LogP contribution in [-0.4, -0.2) is 9.97 Å². The van der Waals surface area contributed by atoms with E-state index in [1.165, 1.54) is 0 Å². The number of para-hydroxylation sites is 1. The summed E-state index contributed by atoms with van der Waals surface area (Å²) in [6.07, 6.45) is 0. The highest BCUT2D eigenvalue weighted by Gasteiger charge is 2.01. The van der Waals surface area contributed by atoms with Crippen molar-refractivity contribution in [1.29, 1.82) is 0 Å². The van der Waals surface area contributed by atoms with Gasteiger partial charge in [-0.05, 0) is 24.4 Å². The molecule has 0 bridgehead atoms. The molecular formula is C8H5ClN2OS. The topological polar surface area (TPSA) is 48.6 Å². The molecule has 1 heterocycles. The fraction of sp³-hybridized carbons (Fsp3) is 0. The Morgan fingerprint density at radius 1 is 1.31 bits per heavy atom. The molecule has 2 rings (SSSR count). The Morgan fingerprint density at radius 3 is 2.85 bits per heavy atom. The van der Waals surface area contributed by atoms with Crippen molar-refractivity contribution in [1.82, 2.24) is 9.97 Å². The van der Waals surface area contributed by atoms with Crippen LogP contribution in [-0.2, 0) is 0 Å². The predicted molar refractivity (Wildman–Crippen MR) is 54.8 cm³/mol. The zero-order chi connectivity index (χ0) is 9.42. The molecule has 0 atom stereocenters. The van der Waals surface area contributed by atoms with Crippen LogP contribution in [0.25, 0.3) is 10.9 Å². The first-order chi connectivity index (χ1) is 6.18. The highest BCUT2D eigenvalue weighted by atomic mass is 35.5. The van der Waals surface area contributed by atoms with Gasteiger partial charge in [0.05, 0.1) is 15.9 Å². The van der Waals surface area contributed by atoms with E-state index >= 15 is 0 Å². The third kappa shape index (κ3) is 1.38. The number of aromatic amines is 2. The van der Waals surface area contributed by atoms with E-state index in [1.807, 2.05) is 0 Å². The first kappa shape index (κ1) is 8.47. The zero-order valence-corrected chi connectivity index (χ0v) is 8.00. The Kier molecular flexibility index (Phi) is 1.94. The van der Waals surface area contributed by atoms with Crippen LogP contribution in [0.1, 0.15) is 0 Å². The number of hydrogen-bond donors (Lipinski definition) is 2. The monoisotopic (exact) mass is 212 g/mol. The van der Waals surface area contributed by atoms with Crippen molar-refractivity contribution >= 4 is 34.7 Å². The van der Waals surface area contributed by atoms with Gasteiger partial charge in [-0.2, -0.15) is 0 Å². The maximum absolute atomic E-state index is 11.4. The Hall–Kier alpha value is -1.13. The summed E-state index contributed by atoms with van der Waals surface area (Å²) in [5.74, 6) is 0. The van der Waals surface area contributed by atoms with E-state index in [9.17, 15) is 4.79 Å². The largest absolute Gasteiger partial charge is 0.330 e.